The van der Waals surface area contributed by atoms with Crippen LogP contribution < -0.4 is 5.32 Å². The third-order valence-electron chi connectivity index (χ3n) is 0.426. The Morgan fingerprint density at radius 1 is 0.875 bits per heavy atom. The van der Waals surface area contributed by atoms with Crippen LogP contribution in [-0.2, 0) is 39.1 Å². The summed E-state index contributed by atoms with van der Waals surface area (Å²) in [6, 6.07) is 0. The Morgan fingerprint density at radius 3 is 1.06 bits per heavy atom. The molecule has 0 aromatic heterocycles. The first-order valence-corrected chi connectivity index (χ1v) is 3.67. The predicted molar refractivity (Wildman–Crippen MR) is 44.0 cm³/mol. The fourth-order valence-corrected chi connectivity index (χ4v) is 0.474. The van der Waals surface area contributed by atoms with E-state index < -0.39 is 0 Å². The van der Waals surface area contributed by atoms with Crippen molar-refractivity contribution in [2.24, 2.45) is 0 Å². The molecule has 0 saturated carbocycles. The molecule has 16 heavy (non-hydrogen) atoms. The van der Waals surface area contributed by atoms with Crippen LogP contribution in [0.4, 0.5) is 0 Å². The number of nitrogens with one attached hydrogen (secondary N) is 1. The zero-order chi connectivity index (χ0) is 15.0. The molecule has 86 valence electrons. The first-order valence-electron chi connectivity index (χ1n) is 3.04. The van der Waals surface area contributed by atoms with Crippen LogP contribution in [0.3, 0.4) is 0 Å². The molecule has 0 aliphatic rings. The molecular weight excluding hydrogens is 254 g/mol. The van der Waals surface area contributed by atoms with E-state index in [9.17, 15) is 0 Å². The Balaban J connectivity index is -0.0000000214. The standard InChI is InChI=1S/C4H9N.5CO.Cr/c1-3-5-4-2;5*1-2;/h5H,3H2,1-2H3;;;;;;. The molecule has 0 bridgehead atoms. The van der Waals surface area contributed by atoms with Crippen LogP contribution in [0.5, 0.6) is 0 Å². The number of rotatable bonds is 2. The van der Waals surface area contributed by atoms with Gasteiger partial charge >= 0.3 is 103 Å². The molecule has 0 fully saturated rings. The van der Waals surface area contributed by atoms with Crippen LogP contribution in [0.2, 0.25) is 0 Å². The van der Waals surface area contributed by atoms with Gasteiger partial charge in [-0.15, -0.1) is 0 Å². The van der Waals surface area contributed by atoms with Gasteiger partial charge in [-0.2, -0.15) is 0 Å². The average Bonchev–Trinajstić information content (AvgIpc) is 2.41. The summed E-state index contributed by atoms with van der Waals surface area (Å²) < 4.78 is 38.7. The van der Waals surface area contributed by atoms with Gasteiger partial charge in [0.15, 0.2) is 0 Å². The summed E-state index contributed by atoms with van der Waals surface area (Å²) in [4.78, 5) is 0. The second kappa shape index (κ2) is 145. The second-order valence-corrected chi connectivity index (χ2v) is 2.04. The molecule has 0 saturated heterocycles. The van der Waals surface area contributed by atoms with E-state index in [-0.39, 0.29) is 0 Å². The molecule has 0 heterocycles. The third kappa shape index (κ3) is 447. The van der Waals surface area contributed by atoms with Crippen LogP contribution in [0.15, 0.2) is 0 Å². The first kappa shape index (κ1) is 36.3. The fourth-order valence-electron chi connectivity index (χ4n) is 0.249. The van der Waals surface area contributed by atoms with Crippen molar-refractivity contribution in [3.63, 3.8) is 0 Å². The van der Waals surface area contributed by atoms with Gasteiger partial charge in [0.25, 0.3) is 0 Å². The van der Waals surface area contributed by atoms with Crippen molar-refractivity contribution in [1.82, 2.24) is 5.32 Å². The van der Waals surface area contributed by atoms with Gasteiger partial charge in [-0.3, -0.25) is 0 Å². The Kier molecular flexibility index (Phi) is 330. The van der Waals surface area contributed by atoms with Gasteiger partial charge in [0, 0.05) is 0 Å². The molecule has 6 nitrogen and oxygen atoms in total. The average molecular weight is 263 g/mol. The molecule has 0 aromatic carbocycles. The van der Waals surface area contributed by atoms with Gasteiger partial charge in [-0.05, 0) is 0 Å². The Bertz CT molecular complexity index is 169. The van der Waals surface area contributed by atoms with E-state index in [0.717, 1.165) is 11.0 Å². The molecule has 0 amide bonds. The molecule has 0 aliphatic heterocycles. The maximum absolute atomic E-state index is 7.50. The summed E-state index contributed by atoms with van der Waals surface area (Å²) in [5, 5.41) is 3.07. The maximum atomic E-state index is 7.50. The van der Waals surface area contributed by atoms with E-state index in [0.29, 0.717) is 0 Å². The van der Waals surface area contributed by atoms with E-state index in [1.165, 1.54) is 0 Å². The van der Waals surface area contributed by atoms with Crippen molar-refractivity contribution in [2.45, 2.75) is 13.8 Å². The molecule has 0 aromatic rings. The third-order valence-corrected chi connectivity index (χ3v) is 0.651. The van der Waals surface area contributed by atoms with E-state index >= 15 is 0 Å². The van der Waals surface area contributed by atoms with Gasteiger partial charge < -0.3 is 0 Å². The fraction of sp³-hybridized carbons (Fsp3) is 0.333. The van der Waals surface area contributed by atoms with Crippen LogP contribution >= 0.6 is 0 Å². The SMILES string of the molecule is CCN[C](C)=[Cr].[C-]#[O+].[C-]#[O+].[C-]#[O+].[C-]#[O+].[C-]#[O+]. The molecule has 0 atom stereocenters. The zero-order valence-electron chi connectivity index (χ0n) is 8.66. The summed E-state index contributed by atoms with van der Waals surface area (Å²) in [5.41, 5.74) is 0. The molecule has 0 spiro atoms. The van der Waals surface area contributed by atoms with Crippen molar-refractivity contribution in [2.75, 3.05) is 6.54 Å². The quantitative estimate of drug-likeness (QED) is 0.553. The summed E-state index contributed by atoms with van der Waals surface area (Å²) >= 11 is 2.85. The minimum atomic E-state index is 1.01. The predicted octanol–water partition coefficient (Wildman–Crippen LogP) is 0.105. The van der Waals surface area contributed by atoms with Crippen LogP contribution in [-0.4, -0.2) is 11.0 Å². The molecule has 0 unspecified atom stereocenters. The molecule has 0 radical (unpaired) electrons. The van der Waals surface area contributed by atoms with Crippen molar-refractivity contribution in [3.05, 3.63) is 33.3 Å². The Morgan fingerprint density at radius 2 is 1.06 bits per heavy atom. The number of hydrogen-bond donors (Lipinski definition) is 1. The van der Waals surface area contributed by atoms with E-state index in [1.54, 1.807) is 0 Å². The Hall–Kier alpha value is -0.938. The Labute approximate surface area is 103 Å². The van der Waals surface area contributed by atoms with E-state index in [1.807, 2.05) is 6.92 Å². The summed E-state index contributed by atoms with van der Waals surface area (Å²) in [5.74, 6) is 0. The number of hydrogen-bond acceptors (Lipinski definition) is 1. The van der Waals surface area contributed by atoms with E-state index in [2.05, 4.69) is 61.3 Å². The molecule has 0 rings (SSSR count). The van der Waals surface area contributed by atoms with Crippen molar-refractivity contribution in [1.29, 1.82) is 0 Å². The van der Waals surface area contributed by atoms with Gasteiger partial charge in [-0.1, -0.05) is 0 Å². The topological polar surface area (TPSA) is 112 Å². The van der Waals surface area contributed by atoms with Gasteiger partial charge in [0.05, 0.1) is 0 Å². The van der Waals surface area contributed by atoms with Crippen molar-refractivity contribution in [3.8, 4) is 0 Å². The molecule has 0 aliphatic carbocycles. The van der Waals surface area contributed by atoms with Crippen molar-refractivity contribution < 1.29 is 39.1 Å². The minimum absolute atomic E-state index is 1.01. The normalized spacial score (nSPS) is 3.75. The monoisotopic (exact) mass is 263 g/mol. The van der Waals surface area contributed by atoms with Gasteiger partial charge in [0.2, 0.25) is 0 Å². The zero-order valence-corrected chi connectivity index (χ0v) is 9.93. The van der Waals surface area contributed by atoms with Crippen LogP contribution in [0, 0.1) is 33.3 Å². The summed E-state index contributed by atoms with van der Waals surface area (Å²) in [7, 11) is 0. The van der Waals surface area contributed by atoms with Gasteiger partial charge in [0.1, 0.15) is 0 Å². The van der Waals surface area contributed by atoms with Gasteiger partial charge in [-0.25, -0.2) is 0 Å². The van der Waals surface area contributed by atoms with Crippen LogP contribution in [0.1, 0.15) is 13.8 Å². The summed E-state index contributed by atoms with van der Waals surface area (Å²) in [6.45, 7) is 27.6. The first-order chi connectivity index (χ1) is 7.77. The molecule has 1 N–H and O–H groups in total. The summed E-state index contributed by atoms with van der Waals surface area (Å²) in [6.07, 6.45) is 0. The van der Waals surface area contributed by atoms with Crippen LogP contribution in [0.25, 0.3) is 0 Å². The van der Waals surface area contributed by atoms with E-state index in [4.69, 9.17) is 23.3 Å². The second-order valence-electron chi connectivity index (χ2n) is 1.09. The van der Waals surface area contributed by atoms with Crippen molar-refractivity contribution >= 4 is 4.50 Å². The molecular formula is C9H9CrNO5. The molecule has 7 heteroatoms.